The zero-order valence-electron chi connectivity index (χ0n) is 10.7. The quantitative estimate of drug-likeness (QED) is 0.910. The van der Waals surface area contributed by atoms with Crippen molar-refractivity contribution in [3.63, 3.8) is 0 Å². The molecule has 0 saturated carbocycles. The first-order valence-corrected chi connectivity index (χ1v) is 6.44. The normalized spacial score (nSPS) is 13.7. The van der Waals surface area contributed by atoms with E-state index >= 15 is 0 Å². The summed E-state index contributed by atoms with van der Waals surface area (Å²) in [5.74, 6) is 0.160. The van der Waals surface area contributed by atoms with E-state index in [2.05, 4.69) is 0 Å². The molecule has 2 N–H and O–H groups in total. The van der Waals surface area contributed by atoms with E-state index in [0.29, 0.717) is 19.5 Å². The lowest BCUT2D eigenvalue weighted by atomic mass is 10.1. The van der Waals surface area contributed by atoms with E-state index in [0.717, 1.165) is 22.4 Å². The van der Waals surface area contributed by atoms with Crippen LogP contribution in [-0.4, -0.2) is 5.91 Å². The van der Waals surface area contributed by atoms with Crippen molar-refractivity contribution in [3.05, 3.63) is 65.2 Å². The highest BCUT2D eigenvalue weighted by atomic mass is 16.2. The molecule has 0 saturated heterocycles. The molecular formula is C16H16N2O. The maximum atomic E-state index is 12.1. The van der Waals surface area contributed by atoms with Crippen LogP contribution in [0, 0.1) is 0 Å². The molecule has 96 valence electrons. The summed E-state index contributed by atoms with van der Waals surface area (Å²) in [5, 5.41) is 0. The van der Waals surface area contributed by atoms with Crippen LogP contribution in [0.25, 0.3) is 0 Å². The van der Waals surface area contributed by atoms with Crippen LogP contribution in [0.3, 0.4) is 0 Å². The molecule has 0 aliphatic carbocycles. The molecule has 0 aromatic heterocycles. The minimum Gasteiger partial charge on any atom is -0.326 e. The average Bonchev–Trinajstić information content (AvgIpc) is 2.76. The summed E-state index contributed by atoms with van der Waals surface area (Å²) >= 11 is 0. The zero-order chi connectivity index (χ0) is 13.2. The van der Waals surface area contributed by atoms with Crippen molar-refractivity contribution in [1.29, 1.82) is 0 Å². The van der Waals surface area contributed by atoms with E-state index in [1.54, 1.807) is 0 Å². The SMILES string of the molecule is NCc1ccccc1CN1C(=O)Cc2ccccc21. The first-order valence-electron chi connectivity index (χ1n) is 6.44. The molecule has 1 aliphatic rings. The highest BCUT2D eigenvalue weighted by Crippen LogP contribution is 2.30. The van der Waals surface area contributed by atoms with E-state index in [1.165, 1.54) is 0 Å². The van der Waals surface area contributed by atoms with Crippen molar-refractivity contribution >= 4 is 11.6 Å². The molecule has 3 rings (SSSR count). The highest BCUT2D eigenvalue weighted by Gasteiger charge is 2.26. The maximum Gasteiger partial charge on any atom is 0.231 e. The summed E-state index contributed by atoms with van der Waals surface area (Å²) in [6, 6.07) is 16.0. The number of hydrogen-bond acceptors (Lipinski definition) is 2. The molecule has 0 spiro atoms. The zero-order valence-corrected chi connectivity index (χ0v) is 10.7. The predicted molar refractivity (Wildman–Crippen MR) is 75.7 cm³/mol. The van der Waals surface area contributed by atoms with Gasteiger partial charge in [0.05, 0.1) is 13.0 Å². The molecule has 0 fully saturated rings. The van der Waals surface area contributed by atoms with Crippen molar-refractivity contribution in [2.45, 2.75) is 19.5 Å². The third kappa shape index (κ3) is 2.13. The number of para-hydroxylation sites is 1. The molecule has 2 aromatic carbocycles. The van der Waals surface area contributed by atoms with Crippen LogP contribution in [0.2, 0.25) is 0 Å². The van der Waals surface area contributed by atoms with Crippen molar-refractivity contribution in [2.75, 3.05) is 4.90 Å². The molecule has 0 atom stereocenters. The average molecular weight is 252 g/mol. The number of carbonyl (C=O) groups excluding carboxylic acids is 1. The predicted octanol–water partition coefficient (Wildman–Crippen LogP) is 2.23. The van der Waals surface area contributed by atoms with E-state index in [-0.39, 0.29) is 5.91 Å². The van der Waals surface area contributed by atoms with Crippen LogP contribution in [0.4, 0.5) is 5.69 Å². The number of amides is 1. The standard InChI is InChI=1S/C16H16N2O/c17-10-13-6-1-2-7-14(13)11-18-15-8-4-3-5-12(15)9-16(18)19/h1-8H,9-11,17H2. The Kier molecular flexibility index (Phi) is 3.05. The molecule has 0 bridgehead atoms. The number of carbonyl (C=O) groups is 1. The minimum absolute atomic E-state index is 0.160. The van der Waals surface area contributed by atoms with Gasteiger partial charge >= 0.3 is 0 Å². The molecule has 1 heterocycles. The molecular weight excluding hydrogens is 236 g/mol. The lowest BCUT2D eigenvalue weighted by Gasteiger charge is -2.19. The van der Waals surface area contributed by atoms with Gasteiger partial charge in [-0.3, -0.25) is 4.79 Å². The fourth-order valence-corrected chi connectivity index (χ4v) is 2.57. The monoisotopic (exact) mass is 252 g/mol. The number of nitrogens with zero attached hydrogens (tertiary/aromatic N) is 1. The van der Waals surface area contributed by atoms with Crippen LogP contribution < -0.4 is 10.6 Å². The first-order chi connectivity index (χ1) is 9.29. The number of fused-ring (bicyclic) bond motifs is 1. The largest absolute Gasteiger partial charge is 0.326 e. The van der Waals surface area contributed by atoms with Crippen molar-refractivity contribution < 1.29 is 4.79 Å². The fourth-order valence-electron chi connectivity index (χ4n) is 2.57. The Hall–Kier alpha value is -2.13. The van der Waals surface area contributed by atoms with Crippen LogP contribution in [0.15, 0.2) is 48.5 Å². The van der Waals surface area contributed by atoms with E-state index in [4.69, 9.17) is 5.73 Å². The van der Waals surface area contributed by atoms with Gasteiger partial charge in [0.1, 0.15) is 0 Å². The van der Waals surface area contributed by atoms with Crippen LogP contribution in [0.1, 0.15) is 16.7 Å². The van der Waals surface area contributed by atoms with E-state index in [9.17, 15) is 4.79 Å². The van der Waals surface area contributed by atoms with Gasteiger partial charge in [-0.2, -0.15) is 0 Å². The van der Waals surface area contributed by atoms with Crippen molar-refractivity contribution in [3.8, 4) is 0 Å². The number of rotatable bonds is 3. The maximum absolute atomic E-state index is 12.1. The molecule has 19 heavy (non-hydrogen) atoms. The van der Waals surface area contributed by atoms with Gasteiger partial charge in [0.25, 0.3) is 0 Å². The Morgan fingerprint density at radius 2 is 1.68 bits per heavy atom. The molecule has 2 aromatic rings. The molecule has 1 aliphatic heterocycles. The third-order valence-electron chi connectivity index (χ3n) is 3.59. The minimum atomic E-state index is 0.160. The van der Waals surface area contributed by atoms with Crippen molar-refractivity contribution in [1.82, 2.24) is 0 Å². The van der Waals surface area contributed by atoms with Crippen LogP contribution in [0.5, 0.6) is 0 Å². The summed E-state index contributed by atoms with van der Waals surface area (Å²) in [5.41, 5.74) is 10.1. The van der Waals surface area contributed by atoms with Crippen molar-refractivity contribution in [2.24, 2.45) is 5.73 Å². The summed E-state index contributed by atoms with van der Waals surface area (Å²) in [6.07, 6.45) is 0.501. The fraction of sp³-hybridized carbons (Fsp3) is 0.188. The lowest BCUT2D eigenvalue weighted by molar-refractivity contribution is -0.117. The Bertz CT molecular complexity index is 622. The second kappa shape index (κ2) is 4.86. The van der Waals surface area contributed by atoms with Gasteiger partial charge in [-0.15, -0.1) is 0 Å². The lowest BCUT2D eigenvalue weighted by Crippen LogP contribution is -2.26. The van der Waals surface area contributed by atoms with E-state index in [1.807, 2.05) is 53.4 Å². The summed E-state index contributed by atoms with van der Waals surface area (Å²) < 4.78 is 0. The Labute approximate surface area is 112 Å². The van der Waals surface area contributed by atoms with Gasteiger partial charge in [0.15, 0.2) is 0 Å². The van der Waals surface area contributed by atoms with E-state index < -0.39 is 0 Å². The summed E-state index contributed by atoms with van der Waals surface area (Å²) in [6.45, 7) is 1.10. The van der Waals surface area contributed by atoms with Gasteiger partial charge in [0, 0.05) is 12.2 Å². The summed E-state index contributed by atoms with van der Waals surface area (Å²) in [7, 11) is 0. The topological polar surface area (TPSA) is 46.3 Å². The number of nitrogens with two attached hydrogens (primary N) is 1. The Morgan fingerprint density at radius 3 is 2.47 bits per heavy atom. The van der Waals surface area contributed by atoms with Crippen LogP contribution in [-0.2, 0) is 24.3 Å². The molecule has 3 heteroatoms. The third-order valence-corrected chi connectivity index (χ3v) is 3.59. The second-order valence-electron chi connectivity index (χ2n) is 4.76. The highest BCUT2D eigenvalue weighted by molar-refractivity contribution is 6.01. The van der Waals surface area contributed by atoms with Gasteiger partial charge in [0.2, 0.25) is 5.91 Å². The van der Waals surface area contributed by atoms with Gasteiger partial charge in [-0.25, -0.2) is 0 Å². The van der Waals surface area contributed by atoms with Crippen LogP contribution >= 0.6 is 0 Å². The second-order valence-corrected chi connectivity index (χ2v) is 4.76. The summed E-state index contributed by atoms with van der Waals surface area (Å²) in [4.78, 5) is 14.0. The van der Waals surface area contributed by atoms with Gasteiger partial charge in [-0.1, -0.05) is 42.5 Å². The molecule has 1 amide bonds. The molecule has 3 nitrogen and oxygen atoms in total. The smallest absolute Gasteiger partial charge is 0.231 e. The Balaban J connectivity index is 1.93. The Morgan fingerprint density at radius 1 is 1.00 bits per heavy atom. The van der Waals surface area contributed by atoms with Gasteiger partial charge in [-0.05, 0) is 22.8 Å². The number of benzene rings is 2. The molecule has 0 radical (unpaired) electrons. The van der Waals surface area contributed by atoms with Gasteiger partial charge < -0.3 is 10.6 Å². The number of anilines is 1. The number of hydrogen-bond donors (Lipinski definition) is 1. The first kappa shape index (κ1) is 11.9. The molecule has 0 unspecified atom stereocenters.